The second-order valence-corrected chi connectivity index (χ2v) is 6.88. The van der Waals surface area contributed by atoms with E-state index in [0.717, 1.165) is 31.4 Å². The summed E-state index contributed by atoms with van der Waals surface area (Å²) in [6, 6.07) is 16.5. The number of hydrogen-bond donors (Lipinski definition) is 1. The summed E-state index contributed by atoms with van der Waals surface area (Å²) in [5.41, 5.74) is 3.79. The van der Waals surface area contributed by atoms with Crippen molar-refractivity contribution >= 4 is 5.91 Å². The van der Waals surface area contributed by atoms with Crippen LogP contribution in [0.1, 0.15) is 35.4 Å². The molecule has 0 radical (unpaired) electrons. The fourth-order valence-electron chi connectivity index (χ4n) is 3.92. The van der Waals surface area contributed by atoms with Crippen LogP contribution in [0.25, 0.3) is 0 Å². The van der Waals surface area contributed by atoms with Crippen molar-refractivity contribution in [3.05, 3.63) is 65.2 Å². The van der Waals surface area contributed by atoms with Crippen molar-refractivity contribution in [1.82, 2.24) is 5.32 Å². The van der Waals surface area contributed by atoms with Crippen molar-refractivity contribution in [3.63, 3.8) is 0 Å². The van der Waals surface area contributed by atoms with Gasteiger partial charge in [0.1, 0.15) is 5.75 Å². The average molecular weight is 321 g/mol. The summed E-state index contributed by atoms with van der Waals surface area (Å²) in [4.78, 5) is 12.7. The number of hydrogen-bond acceptors (Lipinski definition) is 2. The van der Waals surface area contributed by atoms with Crippen LogP contribution >= 0.6 is 0 Å². The van der Waals surface area contributed by atoms with Crippen LogP contribution in [0.5, 0.6) is 5.75 Å². The highest BCUT2D eigenvalue weighted by Gasteiger charge is 2.27. The minimum Gasteiger partial charge on any atom is -0.493 e. The fourth-order valence-corrected chi connectivity index (χ4v) is 3.92. The quantitative estimate of drug-likeness (QED) is 0.940. The number of para-hydroxylation sites is 1. The zero-order valence-electron chi connectivity index (χ0n) is 13.8. The van der Waals surface area contributed by atoms with Crippen molar-refractivity contribution in [3.8, 4) is 5.75 Å². The number of fused-ring (bicyclic) bond motifs is 2. The Hall–Kier alpha value is -2.29. The third-order valence-electron chi connectivity index (χ3n) is 5.21. The number of amides is 1. The molecular weight excluding hydrogens is 298 g/mol. The lowest BCUT2D eigenvalue weighted by Gasteiger charge is -2.28. The lowest BCUT2D eigenvalue weighted by molar-refractivity contribution is -0.123. The van der Waals surface area contributed by atoms with Gasteiger partial charge in [0.2, 0.25) is 5.91 Å². The topological polar surface area (TPSA) is 38.3 Å². The van der Waals surface area contributed by atoms with E-state index in [2.05, 4.69) is 29.6 Å². The lowest BCUT2D eigenvalue weighted by atomic mass is 9.82. The normalized spacial score (nSPS) is 22.0. The molecule has 24 heavy (non-hydrogen) atoms. The molecule has 1 aliphatic carbocycles. The number of benzene rings is 2. The lowest BCUT2D eigenvalue weighted by Crippen LogP contribution is -2.38. The highest BCUT2D eigenvalue weighted by molar-refractivity contribution is 5.84. The van der Waals surface area contributed by atoms with Crippen molar-refractivity contribution in [1.29, 1.82) is 0 Å². The molecule has 4 rings (SSSR count). The molecular formula is C21H23NO2. The number of carbonyl (C=O) groups is 1. The Bertz CT molecular complexity index is 740. The Morgan fingerprint density at radius 2 is 1.88 bits per heavy atom. The van der Waals surface area contributed by atoms with E-state index in [0.29, 0.717) is 19.1 Å². The molecule has 1 amide bonds. The third-order valence-corrected chi connectivity index (χ3v) is 5.21. The van der Waals surface area contributed by atoms with Crippen LogP contribution in [0.15, 0.2) is 48.5 Å². The van der Waals surface area contributed by atoms with E-state index >= 15 is 0 Å². The molecule has 1 aliphatic heterocycles. The average Bonchev–Trinajstić information content (AvgIpc) is 2.65. The predicted molar refractivity (Wildman–Crippen MR) is 94.3 cm³/mol. The van der Waals surface area contributed by atoms with Gasteiger partial charge >= 0.3 is 0 Å². The number of aryl methyl sites for hydroxylation is 1. The molecule has 3 heteroatoms. The highest BCUT2D eigenvalue weighted by atomic mass is 16.5. The predicted octanol–water partition coefficient (Wildman–Crippen LogP) is 3.47. The minimum absolute atomic E-state index is 0.00625. The molecule has 2 aliphatic rings. The first-order valence-electron chi connectivity index (χ1n) is 8.87. The molecule has 0 bridgehead atoms. The maximum atomic E-state index is 12.7. The Balaban J connectivity index is 1.38. The van der Waals surface area contributed by atoms with Gasteiger partial charge in [-0.1, -0.05) is 42.5 Å². The van der Waals surface area contributed by atoms with Gasteiger partial charge in [0.25, 0.3) is 0 Å². The molecule has 3 nitrogen and oxygen atoms in total. The van der Waals surface area contributed by atoms with Crippen LogP contribution in [-0.4, -0.2) is 19.1 Å². The standard InChI is InChI=1S/C21H23NO2/c23-21(19-10-5-8-16-6-1-3-9-18(16)19)22-13-15-12-17-7-2-4-11-20(17)24-14-15/h1-4,6-7,9,11,15,19H,5,8,10,12-14H2,(H,22,23). The first kappa shape index (κ1) is 15.3. The Kier molecular flexibility index (Phi) is 4.24. The van der Waals surface area contributed by atoms with Gasteiger partial charge in [0.15, 0.2) is 0 Å². The molecule has 0 spiro atoms. The Morgan fingerprint density at radius 3 is 2.79 bits per heavy atom. The largest absolute Gasteiger partial charge is 0.493 e. The molecule has 1 heterocycles. The van der Waals surface area contributed by atoms with E-state index in [9.17, 15) is 4.79 Å². The summed E-state index contributed by atoms with van der Waals surface area (Å²) in [6.45, 7) is 1.37. The summed E-state index contributed by atoms with van der Waals surface area (Å²) < 4.78 is 5.82. The number of ether oxygens (including phenoxy) is 1. The van der Waals surface area contributed by atoms with Gasteiger partial charge in [-0.25, -0.2) is 0 Å². The molecule has 2 aromatic carbocycles. The van der Waals surface area contributed by atoms with E-state index < -0.39 is 0 Å². The van der Waals surface area contributed by atoms with Gasteiger partial charge in [-0.2, -0.15) is 0 Å². The van der Waals surface area contributed by atoms with Crippen LogP contribution in [0, 0.1) is 5.92 Å². The summed E-state index contributed by atoms with van der Waals surface area (Å²) >= 11 is 0. The molecule has 0 fully saturated rings. The zero-order chi connectivity index (χ0) is 16.4. The van der Waals surface area contributed by atoms with Crippen LogP contribution < -0.4 is 10.1 Å². The first-order chi connectivity index (χ1) is 11.8. The van der Waals surface area contributed by atoms with Crippen LogP contribution in [0.3, 0.4) is 0 Å². The van der Waals surface area contributed by atoms with Crippen LogP contribution in [0.4, 0.5) is 0 Å². The zero-order valence-corrected chi connectivity index (χ0v) is 13.8. The van der Waals surface area contributed by atoms with Gasteiger partial charge in [-0.3, -0.25) is 4.79 Å². The smallest absolute Gasteiger partial charge is 0.227 e. The fraction of sp³-hybridized carbons (Fsp3) is 0.381. The highest BCUT2D eigenvalue weighted by Crippen LogP contribution is 2.32. The maximum Gasteiger partial charge on any atom is 0.227 e. The molecule has 2 atom stereocenters. The van der Waals surface area contributed by atoms with Gasteiger partial charge in [0.05, 0.1) is 12.5 Å². The van der Waals surface area contributed by atoms with Gasteiger partial charge in [0, 0.05) is 12.5 Å². The number of nitrogens with one attached hydrogen (secondary N) is 1. The van der Waals surface area contributed by atoms with Crippen molar-refractivity contribution in [2.24, 2.45) is 5.92 Å². The number of carbonyl (C=O) groups excluding carboxylic acids is 1. The Morgan fingerprint density at radius 1 is 1.08 bits per heavy atom. The molecule has 0 saturated heterocycles. The monoisotopic (exact) mass is 321 g/mol. The molecule has 124 valence electrons. The van der Waals surface area contributed by atoms with Crippen LogP contribution in [0.2, 0.25) is 0 Å². The Labute approximate surface area is 143 Å². The van der Waals surface area contributed by atoms with E-state index in [1.807, 2.05) is 24.3 Å². The van der Waals surface area contributed by atoms with E-state index in [1.54, 1.807) is 0 Å². The molecule has 2 unspecified atom stereocenters. The number of rotatable bonds is 3. The summed E-state index contributed by atoms with van der Waals surface area (Å²) in [7, 11) is 0. The van der Waals surface area contributed by atoms with E-state index in [4.69, 9.17) is 4.74 Å². The SMILES string of the molecule is O=C(NCC1COc2ccccc2C1)C1CCCc2ccccc21. The maximum absolute atomic E-state index is 12.7. The summed E-state index contributed by atoms with van der Waals surface area (Å²) in [5.74, 6) is 1.51. The van der Waals surface area contributed by atoms with E-state index in [-0.39, 0.29) is 11.8 Å². The van der Waals surface area contributed by atoms with Crippen molar-refractivity contribution in [2.45, 2.75) is 31.6 Å². The first-order valence-corrected chi connectivity index (χ1v) is 8.87. The molecule has 2 aromatic rings. The van der Waals surface area contributed by atoms with Crippen molar-refractivity contribution < 1.29 is 9.53 Å². The third kappa shape index (κ3) is 3.03. The summed E-state index contributed by atoms with van der Waals surface area (Å²) in [6.07, 6.45) is 4.10. The molecule has 1 N–H and O–H groups in total. The molecule has 0 saturated carbocycles. The second-order valence-electron chi connectivity index (χ2n) is 6.88. The second kappa shape index (κ2) is 6.68. The molecule has 0 aromatic heterocycles. The van der Waals surface area contributed by atoms with E-state index in [1.165, 1.54) is 16.7 Å². The minimum atomic E-state index is 0.00625. The van der Waals surface area contributed by atoms with Crippen LogP contribution in [-0.2, 0) is 17.6 Å². The van der Waals surface area contributed by atoms with Gasteiger partial charge < -0.3 is 10.1 Å². The van der Waals surface area contributed by atoms with Gasteiger partial charge in [-0.05, 0) is 48.4 Å². The van der Waals surface area contributed by atoms with Gasteiger partial charge in [-0.15, -0.1) is 0 Å². The van der Waals surface area contributed by atoms with Crippen molar-refractivity contribution in [2.75, 3.05) is 13.2 Å². The summed E-state index contributed by atoms with van der Waals surface area (Å²) in [5, 5.41) is 3.17.